The Morgan fingerprint density at radius 2 is 2.05 bits per heavy atom. The molecule has 6 heteroatoms. The molecule has 0 spiro atoms. The van der Waals surface area contributed by atoms with Crippen molar-refractivity contribution < 1.29 is 14.1 Å². The molecule has 4 nitrogen and oxygen atoms in total. The van der Waals surface area contributed by atoms with E-state index >= 15 is 0 Å². The van der Waals surface area contributed by atoms with E-state index in [9.17, 15) is 14.5 Å². The van der Waals surface area contributed by atoms with Crippen molar-refractivity contribution in [1.29, 1.82) is 0 Å². The topological polar surface area (TPSA) is 52.4 Å². The molecule has 0 aliphatic rings. The number of benzene rings is 2. The number of hydrogen-bond donors (Lipinski definition) is 0. The van der Waals surface area contributed by atoms with Crippen molar-refractivity contribution in [2.45, 2.75) is 12.3 Å². The first-order valence-corrected chi connectivity index (χ1v) is 6.91. The normalized spacial score (nSPS) is 10.3. The standard InChI is InChI=1S/C14H11BrFNO3/c1-9-12(17(18)19)3-2-4-13(9)20-14-6-5-11(16)7-10(14)8-15/h2-7H,8H2,1H3. The second-order valence-electron chi connectivity index (χ2n) is 4.15. The molecule has 0 radical (unpaired) electrons. The van der Waals surface area contributed by atoms with Crippen molar-refractivity contribution in [2.24, 2.45) is 0 Å². The van der Waals surface area contributed by atoms with Crippen LogP contribution < -0.4 is 4.74 Å². The summed E-state index contributed by atoms with van der Waals surface area (Å²) in [6.07, 6.45) is 0. The number of nitro benzene ring substituents is 1. The number of hydrogen-bond acceptors (Lipinski definition) is 3. The Labute approximate surface area is 123 Å². The smallest absolute Gasteiger partial charge is 0.276 e. The van der Waals surface area contributed by atoms with Crippen LogP contribution in [0.25, 0.3) is 0 Å². The molecule has 0 N–H and O–H groups in total. The van der Waals surface area contributed by atoms with Crippen LogP contribution >= 0.6 is 15.9 Å². The van der Waals surface area contributed by atoms with E-state index in [-0.39, 0.29) is 11.5 Å². The average molecular weight is 340 g/mol. The summed E-state index contributed by atoms with van der Waals surface area (Å²) in [6.45, 7) is 1.62. The zero-order chi connectivity index (χ0) is 14.7. The first-order valence-electron chi connectivity index (χ1n) is 5.79. The Morgan fingerprint density at radius 3 is 2.70 bits per heavy atom. The molecule has 2 aromatic rings. The second-order valence-corrected chi connectivity index (χ2v) is 4.71. The van der Waals surface area contributed by atoms with Crippen molar-refractivity contribution in [3.05, 3.63) is 63.5 Å². The summed E-state index contributed by atoms with van der Waals surface area (Å²) in [7, 11) is 0. The molecule has 0 aliphatic carbocycles. The Morgan fingerprint density at radius 1 is 1.30 bits per heavy atom. The van der Waals surface area contributed by atoms with Crippen LogP contribution in [0.1, 0.15) is 11.1 Å². The fourth-order valence-corrected chi connectivity index (χ4v) is 2.22. The largest absolute Gasteiger partial charge is 0.457 e. The van der Waals surface area contributed by atoms with Crippen molar-refractivity contribution in [3.63, 3.8) is 0 Å². The highest BCUT2D eigenvalue weighted by Crippen LogP contribution is 2.33. The first kappa shape index (κ1) is 14.5. The average Bonchev–Trinajstić information content (AvgIpc) is 2.42. The molecule has 0 unspecified atom stereocenters. The summed E-state index contributed by atoms with van der Waals surface area (Å²) >= 11 is 3.26. The molecule has 2 rings (SSSR count). The summed E-state index contributed by atoms with van der Waals surface area (Å²) in [5.74, 6) is 0.488. The van der Waals surface area contributed by atoms with Gasteiger partial charge < -0.3 is 4.74 Å². The third-order valence-corrected chi connectivity index (χ3v) is 3.44. The molecule has 0 heterocycles. The van der Waals surface area contributed by atoms with E-state index in [0.717, 1.165) is 0 Å². The SMILES string of the molecule is Cc1c(Oc2ccc(F)cc2CBr)cccc1[N+](=O)[O-]. The van der Waals surface area contributed by atoms with Crippen molar-refractivity contribution >= 4 is 21.6 Å². The van der Waals surface area contributed by atoms with Crippen molar-refractivity contribution in [2.75, 3.05) is 0 Å². The molecule has 20 heavy (non-hydrogen) atoms. The van der Waals surface area contributed by atoms with Crippen LogP contribution in [0, 0.1) is 22.9 Å². The maximum atomic E-state index is 13.2. The van der Waals surface area contributed by atoms with Gasteiger partial charge in [-0.3, -0.25) is 10.1 Å². The third-order valence-electron chi connectivity index (χ3n) is 2.84. The molecular weight excluding hydrogens is 329 g/mol. The zero-order valence-corrected chi connectivity index (χ0v) is 12.2. The van der Waals surface area contributed by atoms with Gasteiger partial charge in [-0.2, -0.15) is 0 Å². The Bertz CT molecular complexity index is 661. The second kappa shape index (κ2) is 6.00. The predicted molar refractivity (Wildman–Crippen MR) is 76.9 cm³/mol. The highest BCUT2D eigenvalue weighted by atomic mass is 79.9. The summed E-state index contributed by atoms with van der Waals surface area (Å²) < 4.78 is 18.8. The van der Waals surface area contributed by atoms with Gasteiger partial charge in [0.2, 0.25) is 0 Å². The molecule has 104 valence electrons. The van der Waals surface area contributed by atoms with Gasteiger partial charge in [-0.1, -0.05) is 22.0 Å². The highest BCUT2D eigenvalue weighted by Gasteiger charge is 2.15. The van der Waals surface area contributed by atoms with Gasteiger partial charge >= 0.3 is 0 Å². The lowest BCUT2D eigenvalue weighted by Gasteiger charge is -2.11. The van der Waals surface area contributed by atoms with Crippen molar-refractivity contribution in [1.82, 2.24) is 0 Å². The summed E-state index contributed by atoms with van der Waals surface area (Å²) in [5.41, 5.74) is 1.06. The van der Waals surface area contributed by atoms with Crippen LogP contribution in [0.5, 0.6) is 11.5 Å². The fourth-order valence-electron chi connectivity index (χ4n) is 1.78. The van der Waals surface area contributed by atoms with E-state index in [1.54, 1.807) is 19.1 Å². The molecule has 2 aromatic carbocycles. The van der Waals surface area contributed by atoms with E-state index in [4.69, 9.17) is 4.74 Å². The molecule has 0 fully saturated rings. The van der Waals surface area contributed by atoms with Gasteiger partial charge in [0, 0.05) is 17.0 Å². The van der Waals surface area contributed by atoms with Crippen molar-refractivity contribution in [3.8, 4) is 11.5 Å². The van der Waals surface area contributed by atoms with Gasteiger partial charge in [-0.05, 0) is 31.2 Å². The minimum atomic E-state index is -0.460. The van der Waals surface area contributed by atoms with Crippen LogP contribution in [-0.4, -0.2) is 4.92 Å². The molecule has 0 amide bonds. The maximum Gasteiger partial charge on any atom is 0.276 e. The number of nitrogens with zero attached hydrogens (tertiary/aromatic N) is 1. The van der Waals surface area contributed by atoms with Gasteiger partial charge in [0.15, 0.2) is 0 Å². The number of nitro groups is 1. The first-order chi connectivity index (χ1) is 9.52. The van der Waals surface area contributed by atoms with Crippen LogP contribution in [0.4, 0.5) is 10.1 Å². The third kappa shape index (κ3) is 2.96. The van der Waals surface area contributed by atoms with Gasteiger partial charge in [0.1, 0.15) is 17.3 Å². The van der Waals surface area contributed by atoms with Gasteiger partial charge in [0.05, 0.1) is 10.5 Å². The molecule has 0 saturated carbocycles. The van der Waals surface area contributed by atoms with E-state index in [0.29, 0.717) is 28.0 Å². The predicted octanol–water partition coefficient (Wildman–Crippen LogP) is 4.73. The van der Waals surface area contributed by atoms with Gasteiger partial charge in [-0.15, -0.1) is 0 Å². The number of alkyl halides is 1. The summed E-state index contributed by atoms with van der Waals surface area (Å²) in [4.78, 5) is 10.4. The Hall–Kier alpha value is -1.95. The minimum absolute atomic E-state index is 0.00926. The lowest BCUT2D eigenvalue weighted by molar-refractivity contribution is -0.385. The lowest BCUT2D eigenvalue weighted by Crippen LogP contribution is -1.96. The van der Waals surface area contributed by atoms with E-state index in [1.165, 1.54) is 24.3 Å². The Balaban J connectivity index is 2.40. The molecule has 0 aliphatic heterocycles. The van der Waals surface area contributed by atoms with Crippen LogP contribution in [0.15, 0.2) is 36.4 Å². The monoisotopic (exact) mass is 339 g/mol. The van der Waals surface area contributed by atoms with E-state index in [1.807, 2.05) is 0 Å². The van der Waals surface area contributed by atoms with Gasteiger partial charge in [-0.25, -0.2) is 4.39 Å². The lowest BCUT2D eigenvalue weighted by atomic mass is 10.1. The quantitative estimate of drug-likeness (QED) is 0.459. The van der Waals surface area contributed by atoms with E-state index < -0.39 is 4.92 Å². The summed E-state index contributed by atoms with van der Waals surface area (Å²) in [5, 5.41) is 11.3. The molecular formula is C14H11BrFNO3. The summed E-state index contributed by atoms with van der Waals surface area (Å²) in [6, 6.07) is 8.76. The maximum absolute atomic E-state index is 13.2. The van der Waals surface area contributed by atoms with Crippen LogP contribution in [0.3, 0.4) is 0 Å². The minimum Gasteiger partial charge on any atom is -0.457 e. The Kier molecular flexibility index (Phi) is 4.34. The molecule has 0 aromatic heterocycles. The van der Waals surface area contributed by atoms with Crippen LogP contribution in [0.2, 0.25) is 0 Å². The molecule has 0 bridgehead atoms. The molecule has 0 saturated heterocycles. The zero-order valence-electron chi connectivity index (χ0n) is 10.6. The number of halogens is 2. The highest BCUT2D eigenvalue weighted by molar-refractivity contribution is 9.08. The molecule has 0 atom stereocenters. The number of ether oxygens (including phenoxy) is 1. The van der Waals surface area contributed by atoms with Gasteiger partial charge in [0.25, 0.3) is 5.69 Å². The number of rotatable bonds is 4. The van der Waals surface area contributed by atoms with Crippen LogP contribution in [-0.2, 0) is 5.33 Å². The fraction of sp³-hybridized carbons (Fsp3) is 0.143. The van der Waals surface area contributed by atoms with E-state index in [2.05, 4.69) is 15.9 Å².